The van der Waals surface area contributed by atoms with E-state index in [2.05, 4.69) is 21.0 Å². The predicted molar refractivity (Wildman–Crippen MR) is 135 cm³/mol. The Balaban J connectivity index is 1.21. The van der Waals surface area contributed by atoms with Gasteiger partial charge in [-0.2, -0.15) is 5.10 Å². The number of rotatable bonds is 5. The van der Waals surface area contributed by atoms with Crippen LogP contribution in [0.5, 0.6) is 5.75 Å². The molecule has 9 heteroatoms. The summed E-state index contributed by atoms with van der Waals surface area (Å²) in [5.41, 5.74) is 2.59. The van der Waals surface area contributed by atoms with Crippen molar-refractivity contribution in [3.8, 4) is 5.75 Å². The monoisotopic (exact) mass is 544 g/mol. The number of carbonyl (C=O) groups excluding carboxylic acids is 2. The Morgan fingerprint density at radius 1 is 1.06 bits per heavy atom. The third-order valence-corrected chi connectivity index (χ3v) is 7.64. The molecule has 8 nitrogen and oxygen atoms in total. The molecule has 5 rings (SSSR count). The first-order valence-corrected chi connectivity index (χ1v) is 13.4. The van der Waals surface area contributed by atoms with Crippen molar-refractivity contribution in [1.82, 2.24) is 19.6 Å². The summed E-state index contributed by atoms with van der Waals surface area (Å²) in [6.07, 6.45) is 4.44. The Labute approximate surface area is 214 Å². The third kappa shape index (κ3) is 5.40. The van der Waals surface area contributed by atoms with Crippen molar-refractivity contribution in [2.45, 2.75) is 70.8 Å². The third-order valence-electron chi connectivity index (χ3n) is 7.11. The highest BCUT2D eigenvalue weighted by molar-refractivity contribution is 9.10. The Hall–Kier alpha value is -2.39. The van der Waals surface area contributed by atoms with Gasteiger partial charge in [0.05, 0.1) is 12.2 Å². The van der Waals surface area contributed by atoms with Gasteiger partial charge < -0.3 is 19.3 Å². The number of halogens is 1. The van der Waals surface area contributed by atoms with Crippen molar-refractivity contribution in [2.24, 2.45) is 0 Å². The van der Waals surface area contributed by atoms with Crippen LogP contribution in [0.3, 0.4) is 0 Å². The molecular weight excluding hydrogens is 512 g/mol. The van der Waals surface area contributed by atoms with Gasteiger partial charge in [-0.15, -0.1) is 0 Å². The maximum Gasteiger partial charge on any atom is 0.274 e. The molecule has 2 saturated heterocycles. The summed E-state index contributed by atoms with van der Waals surface area (Å²) in [6, 6.07) is 7.85. The summed E-state index contributed by atoms with van der Waals surface area (Å²) in [6.45, 7) is 6.64. The summed E-state index contributed by atoms with van der Waals surface area (Å²) in [5.74, 6) is 0.866. The SMILES string of the molecule is C[C@@H]1CN(C(=O)c2nn(CC(=O)N3CCC(Oc4ccc(Br)cc4)CC3)c3c2CCC3)C[C@H](C)O1. The zero-order valence-corrected chi connectivity index (χ0v) is 22.0. The Kier molecular flexibility index (Phi) is 7.16. The van der Waals surface area contributed by atoms with E-state index in [4.69, 9.17) is 9.47 Å². The second kappa shape index (κ2) is 10.3. The zero-order valence-electron chi connectivity index (χ0n) is 20.4. The van der Waals surface area contributed by atoms with Gasteiger partial charge in [-0.1, -0.05) is 15.9 Å². The molecule has 1 aliphatic carbocycles. The second-order valence-corrected chi connectivity index (χ2v) is 10.8. The van der Waals surface area contributed by atoms with Gasteiger partial charge >= 0.3 is 0 Å². The summed E-state index contributed by atoms with van der Waals surface area (Å²) >= 11 is 3.44. The van der Waals surface area contributed by atoms with Crippen molar-refractivity contribution in [1.29, 1.82) is 0 Å². The van der Waals surface area contributed by atoms with Gasteiger partial charge in [0.1, 0.15) is 18.4 Å². The minimum Gasteiger partial charge on any atom is -0.490 e. The Morgan fingerprint density at radius 3 is 2.43 bits per heavy atom. The van der Waals surface area contributed by atoms with Crippen LogP contribution in [-0.4, -0.2) is 75.9 Å². The minimum absolute atomic E-state index is 0.00934. The predicted octanol–water partition coefficient (Wildman–Crippen LogP) is 3.45. The molecule has 0 spiro atoms. The fourth-order valence-electron chi connectivity index (χ4n) is 5.46. The first-order chi connectivity index (χ1) is 16.9. The Bertz CT molecular complexity index is 1070. The summed E-state index contributed by atoms with van der Waals surface area (Å²) < 4.78 is 14.7. The molecule has 2 aromatic rings. The van der Waals surface area contributed by atoms with Crippen molar-refractivity contribution in [2.75, 3.05) is 26.2 Å². The topological polar surface area (TPSA) is 76.9 Å². The second-order valence-electron chi connectivity index (χ2n) is 9.90. The first-order valence-electron chi connectivity index (χ1n) is 12.6. The fraction of sp³-hybridized carbons (Fsp3) is 0.577. The number of carbonyl (C=O) groups is 2. The van der Waals surface area contributed by atoms with E-state index in [-0.39, 0.29) is 36.7 Å². The van der Waals surface area contributed by atoms with E-state index in [1.165, 1.54) is 0 Å². The lowest BCUT2D eigenvalue weighted by atomic mass is 10.1. The smallest absolute Gasteiger partial charge is 0.274 e. The van der Waals surface area contributed by atoms with Gasteiger partial charge in [-0.3, -0.25) is 14.3 Å². The lowest BCUT2D eigenvalue weighted by molar-refractivity contribution is -0.133. The number of amides is 2. The average molecular weight is 545 g/mol. The molecule has 1 aromatic carbocycles. The van der Waals surface area contributed by atoms with Gasteiger partial charge in [0.2, 0.25) is 5.91 Å². The van der Waals surface area contributed by atoms with Gasteiger partial charge in [-0.25, -0.2) is 0 Å². The van der Waals surface area contributed by atoms with Crippen molar-refractivity contribution < 1.29 is 19.1 Å². The molecule has 1 aromatic heterocycles. The first kappa shape index (κ1) is 24.3. The van der Waals surface area contributed by atoms with E-state index in [0.717, 1.165) is 53.6 Å². The molecule has 0 saturated carbocycles. The quantitative estimate of drug-likeness (QED) is 0.576. The molecule has 3 aliphatic rings. The standard InChI is InChI=1S/C26H33BrN4O4/c1-17-14-30(15-18(2)34-17)26(33)25-22-4-3-5-23(22)31(28-25)16-24(32)29-12-10-21(11-13-29)35-20-8-6-19(27)7-9-20/h6-9,17-18,21H,3-5,10-16H2,1-2H3/t17-,18+. The van der Waals surface area contributed by atoms with E-state index in [1.54, 1.807) is 4.68 Å². The van der Waals surface area contributed by atoms with Crippen LogP contribution < -0.4 is 4.74 Å². The molecule has 0 radical (unpaired) electrons. The number of piperidine rings is 1. The minimum atomic E-state index is -0.0396. The van der Waals surface area contributed by atoms with Crippen LogP contribution in [-0.2, 0) is 28.9 Å². The van der Waals surface area contributed by atoms with E-state index < -0.39 is 0 Å². The summed E-state index contributed by atoms with van der Waals surface area (Å²) in [5, 5.41) is 4.68. The number of ether oxygens (including phenoxy) is 2. The molecular formula is C26H33BrN4O4. The molecule has 0 N–H and O–H groups in total. The highest BCUT2D eigenvalue weighted by Gasteiger charge is 2.33. The van der Waals surface area contributed by atoms with Crippen LogP contribution in [0, 0.1) is 0 Å². The lowest BCUT2D eigenvalue weighted by Gasteiger charge is -2.35. The maximum atomic E-state index is 13.3. The molecule has 0 bridgehead atoms. The lowest BCUT2D eigenvalue weighted by Crippen LogP contribution is -2.48. The number of aromatic nitrogens is 2. The van der Waals surface area contributed by atoms with E-state index in [0.29, 0.717) is 31.9 Å². The number of morpholine rings is 1. The van der Waals surface area contributed by atoms with Crippen LogP contribution in [0.4, 0.5) is 0 Å². The molecule has 0 unspecified atom stereocenters. The Morgan fingerprint density at radius 2 is 1.74 bits per heavy atom. The van der Waals surface area contributed by atoms with Crippen LogP contribution in [0.1, 0.15) is 54.9 Å². The fourth-order valence-corrected chi connectivity index (χ4v) is 5.73. The van der Waals surface area contributed by atoms with E-state index in [9.17, 15) is 9.59 Å². The average Bonchev–Trinajstić information content (AvgIpc) is 3.44. The van der Waals surface area contributed by atoms with Gasteiger partial charge in [-0.05, 0) is 57.4 Å². The largest absolute Gasteiger partial charge is 0.490 e. The molecule has 188 valence electrons. The molecule has 2 amide bonds. The van der Waals surface area contributed by atoms with Crippen LogP contribution >= 0.6 is 15.9 Å². The van der Waals surface area contributed by atoms with Crippen LogP contribution in [0.25, 0.3) is 0 Å². The molecule has 2 atom stereocenters. The summed E-state index contributed by atoms with van der Waals surface area (Å²) in [7, 11) is 0. The van der Waals surface area contributed by atoms with E-state index in [1.807, 2.05) is 47.9 Å². The zero-order chi connectivity index (χ0) is 24.5. The van der Waals surface area contributed by atoms with E-state index >= 15 is 0 Å². The van der Waals surface area contributed by atoms with Crippen molar-refractivity contribution in [3.05, 3.63) is 45.7 Å². The summed E-state index contributed by atoms with van der Waals surface area (Å²) in [4.78, 5) is 30.2. The highest BCUT2D eigenvalue weighted by atomic mass is 79.9. The van der Waals surface area contributed by atoms with Crippen LogP contribution in [0.2, 0.25) is 0 Å². The van der Waals surface area contributed by atoms with Crippen molar-refractivity contribution >= 4 is 27.7 Å². The number of hydrogen-bond donors (Lipinski definition) is 0. The van der Waals surface area contributed by atoms with Crippen LogP contribution in [0.15, 0.2) is 28.7 Å². The molecule has 35 heavy (non-hydrogen) atoms. The highest BCUT2D eigenvalue weighted by Crippen LogP contribution is 2.28. The number of fused-ring (bicyclic) bond motifs is 1. The number of nitrogens with zero attached hydrogens (tertiary/aromatic N) is 4. The van der Waals surface area contributed by atoms with Gasteiger partial charge in [0.15, 0.2) is 5.69 Å². The maximum absolute atomic E-state index is 13.3. The van der Waals surface area contributed by atoms with Gasteiger partial charge in [0, 0.05) is 54.8 Å². The van der Waals surface area contributed by atoms with Crippen molar-refractivity contribution in [3.63, 3.8) is 0 Å². The molecule has 3 heterocycles. The number of likely N-dealkylation sites (tertiary alicyclic amines) is 1. The number of hydrogen-bond acceptors (Lipinski definition) is 5. The molecule has 2 aliphatic heterocycles. The molecule has 2 fully saturated rings. The number of benzene rings is 1. The van der Waals surface area contributed by atoms with Gasteiger partial charge in [0.25, 0.3) is 5.91 Å². The normalized spacial score (nSPS) is 22.8.